The Hall–Kier alpha value is -2.79. The number of furan rings is 1. The maximum absolute atomic E-state index is 12.1. The van der Waals surface area contributed by atoms with E-state index in [0.29, 0.717) is 37.2 Å². The van der Waals surface area contributed by atoms with E-state index >= 15 is 0 Å². The maximum Gasteiger partial charge on any atom is 0.266 e. The van der Waals surface area contributed by atoms with E-state index in [-0.39, 0.29) is 17.6 Å². The molecule has 0 aromatic carbocycles. The maximum atomic E-state index is 12.1. The minimum Gasteiger partial charge on any atom is -0.459 e. The summed E-state index contributed by atoms with van der Waals surface area (Å²) in [4.78, 5) is 20.5. The molecule has 1 unspecified atom stereocenters. The van der Waals surface area contributed by atoms with Crippen molar-refractivity contribution >= 4 is 11.8 Å². The second-order valence-electron chi connectivity index (χ2n) is 6.78. The molecule has 2 aromatic rings. The number of anilines is 1. The van der Waals surface area contributed by atoms with E-state index in [4.69, 9.17) is 8.83 Å². The Bertz CT molecular complexity index is 785. The molecule has 0 bridgehead atoms. The number of piperazine rings is 1. The van der Waals surface area contributed by atoms with Gasteiger partial charge >= 0.3 is 0 Å². The minimum absolute atomic E-state index is 0.0573. The number of carbonyl (C=O) groups excluding carboxylic acids is 1. The number of aromatic nitrogens is 1. The van der Waals surface area contributed by atoms with Crippen molar-refractivity contribution in [1.82, 2.24) is 15.2 Å². The molecule has 2 aromatic heterocycles. The van der Waals surface area contributed by atoms with Crippen molar-refractivity contribution in [3.8, 4) is 17.7 Å². The monoisotopic (exact) mass is 371 g/mol. The van der Waals surface area contributed by atoms with Crippen LogP contribution in [-0.2, 0) is 4.79 Å². The highest BCUT2D eigenvalue weighted by Crippen LogP contribution is 2.28. The molecule has 8 heteroatoms. The zero-order chi connectivity index (χ0) is 19.2. The zero-order valence-electron chi connectivity index (χ0n) is 15.8. The van der Waals surface area contributed by atoms with E-state index in [1.165, 1.54) is 6.26 Å². The van der Waals surface area contributed by atoms with Crippen LogP contribution in [-0.4, -0.2) is 54.6 Å². The summed E-state index contributed by atoms with van der Waals surface area (Å²) in [7, 11) is 0. The molecule has 3 rings (SSSR count). The molecule has 0 aliphatic carbocycles. The van der Waals surface area contributed by atoms with Crippen molar-refractivity contribution in [3.63, 3.8) is 0 Å². The van der Waals surface area contributed by atoms with Crippen molar-refractivity contribution in [3.05, 3.63) is 24.1 Å². The summed E-state index contributed by atoms with van der Waals surface area (Å²) in [6.45, 7) is 7.30. The molecular weight excluding hydrogens is 346 g/mol. The van der Waals surface area contributed by atoms with Crippen LogP contribution in [0.1, 0.15) is 32.4 Å². The van der Waals surface area contributed by atoms with Gasteiger partial charge in [0, 0.05) is 32.2 Å². The molecule has 3 heterocycles. The fourth-order valence-electron chi connectivity index (χ4n) is 3.24. The van der Waals surface area contributed by atoms with Crippen LogP contribution in [0.2, 0.25) is 0 Å². The van der Waals surface area contributed by atoms with Gasteiger partial charge in [-0.1, -0.05) is 13.3 Å². The number of rotatable bonds is 7. The molecule has 1 N–H and O–H groups in total. The summed E-state index contributed by atoms with van der Waals surface area (Å²) < 4.78 is 11.1. The predicted molar refractivity (Wildman–Crippen MR) is 100 cm³/mol. The molecule has 1 amide bonds. The normalized spacial score (nSPS) is 16.1. The third-order valence-corrected chi connectivity index (χ3v) is 4.60. The van der Waals surface area contributed by atoms with Crippen LogP contribution in [0.25, 0.3) is 11.7 Å². The van der Waals surface area contributed by atoms with Crippen LogP contribution < -0.4 is 10.2 Å². The van der Waals surface area contributed by atoms with Crippen LogP contribution >= 0.6 is 0 Å². The van der Waals surface area contributed by atoms with E-state index in [9.17, 15) is 10.1 Å². The number of amides is 1. The van der Waals surface area contributed by atoms with E-state index in [1.807, 2.05) is 11.8 Å². The fourth-order valence-corrected chi connectivity index (χ4v) is 3.24. The van der Waals surface area contributed by atoms with E-state index < -0.39 is 0 Å². The van der Waals surface area contributed by atoms with Gasteiger partial charge in [0.05, 0.1) is 12.8 Å². The SMILES string of the molecule is CCCC(C)NC(=O)CN1CCN(c2oc(-c3ccco3)nc2C#N)CC1. The Kier molecular flexibility index (Phi) is 6.14. The summed E-state index contributed by atoms with van der Waals surface area (Å²) in [5.74, 6) is 1.32. The van der Waals surface area contributed by atoms with E-state index in [2.05, 4.69) is 28.2 Å². The van der Waals surface area contributed by atoms with Crippen LogP contribution in [0.15, 0.2) is 27.2 Å². The van der Waals surface area contributed by atoms with Gasteiger partial charge in [0.1, 0.15) is 6.07 Å². The molecule has 0 saturated carbocycles. The standard InChI is InChI=1S/C19H25N5O3/c1-3-5-14(2)21-17(25)13-23-7-9-24(10-8-23)19-15(12-20)22-18(27-19)16-6-4-11-26-16/h4,6,11,14H,3,5,7-10,13H2,1-2H3,(H,21,25). The van der Waals surface area contributed by atoms with Gasteiger partial charge in [-0.15, -0.1) is 0 Å². The molecule has 0 radical (unpaired) electrons. The first-order chi connectivity index (χ1) is 13.1. The first-order valence-corrected chi connectivity index (χ1v) is 9.32. The summed E-state index contributed by atoms with van der Waals surface area (Å²) in [6, 6.07) is 5.78. The summed E-state index contributed by atoms with van der Waals surface area (Å²) in [5.41, 5.74) is 0.251. The highest BCUT2D eigenvalue weighted by atomic mass is 16.4. The van der Waals surface area contributed by atoms with Gasteiger partial charge in [0.2, 0.25) is 17.5 Å². The zero-order valence-corrected chi connectivity index (χ0v) is 15.8. The van der Waals surface area contributed by atoms with Crippen molar-refractivity contribution < 1.29 is 13.6 Å². The smallest absolute Gasteiger partial charge is 0.266 e. The lowest BCUT2D eigenvalue weighted by atomic mass is 10.2. The molecule has 8 nitrogen and oxygen atoms in total. The molecular formula is C19H25N5O3. The van der Waals surface area contributed by atoms with E-state index in [1.54, 1.807) is 12.1 Å². The lowest BCUT2D eigenvalue weighted by Crippen LogP contribution is -2.50. The van der Waals surface area contributed by atoms with Gasteiger partial charge in [-0.25, -0.2) is 0 Å². The Balaban J connectivity index is 1.56. The molecule has 27 heavy (non-hydrogen) atoms. The lowest BCUT2D eigenvalue weighted by Gasteiger charge is -2.34. The first kappa shape index (κ1) is 19.0. The van der Waals surface area contributed by atoms with Crippen LogP contribution in [0.4, 0.5) is 5.88 Å². The number of hydrogen-bond acceptors (Lipinski definition) is 7. The highest BCUT2D eigenvalue weighted by Gasteiger charge is 2.26. The average Bonchev–Trinajstić information content (AvgIpc) is 3.32. The molecule has 1 saturated heterocycles. The minimum atomic E-state index is 0.0573. The number of nitriles is 1. The molecule has 144 valence electrons. The summed E-state index contributed by atoms with van der Waals surface area (Å²) in [6.07, 6.45) is 3.58. The summed E-state index contributed by atoms with van der Waals surface area (Å²) >= 11 is 0. The topological polar surface area (TPSA) is 98.5 Å². The Labute approximate surface area is 158 Å². The first-order valence-electron chi connectivity index (χ1n) is 9.32. The van der Waals surface area contributed by atoms with Crippen molar-refractivity contribution in [1.29, 1.82) is 5.26 Å². The van der Waals surface area contributed by atoms with Gasteiger partial charge in [-0.3, -0.25) is 9.69 Å². The second kappa shape index (κ2) is 8.73. The Morgan fingerprint density at radius 3 is 2.81 bits per heavy atom. The Morgan fingerprint density at radius 1 is 1.41 bits per heavy atom. The van der Waals surface area contributed by atoms with Crippen LogP contribution in [0.3, 0.4) is 0 Å². The van der Waals surface area contributed by atoms with Crippen molar-refractivity contribution in [2.24, 2.45) is 0 Å². The second-order valence-corrected chi connectivity index (χ2v) is 6.78. The molecule has 1 aliphatic heterocycles. The third kappa shape index (κ3) is 4.68. The molecule has 1 fully saturated rings. The number of oxazole rings is 1. The summed E-state index contributed by atoms with van der Waals surface area (Å²) in [5, 5.41) is 12.4. The number of nitrogens with zero attached hydrogens (tertiary/aromatic N) is 4. The fraction of sp³-hybridized carbons (Fsp3) is 0.526. The molecule has 1 atom stereocenters. The highest BCUT2D eigenvalue weighted by molar-refractivity contribution is 5.78. The van der Waals surface area contributed by atoms with Crippen LogP contribution in [0.5, 0.6) is 0 Å². The average molecular weight is 371 g/mol. The van der Waals surface area contributed by atoms with Crippen molar-refractivity contribution in [2.45, 2.75) is 32.7 Å². The Morgan fingerprint density at radius 2 is 2.19 bits per heavy atom. The number of carbonyl (C=O) groups is 1. The van der Waals surface area contributed by atoms with Gasteiger partial charge in [-0.2, -0.15) is 10.2 Å². The molecule has 1 aliphatic rings. The number of nitrogens with one attached hydrogen (secondary N) is 1. The van der Waals surface area contributed by atoms with Crippen molar-refractivity contribution in [2.75, 3.05) is 37.6 Å². The third-order valence-electron chi connectivity index (χ3n) is 4.60. The quantitative estimate of drug-likeness (QED) is 0.797. The van der Waals surface area contributed by atoms with Gasteiger partial charge < -0.3 is 19.1 Å². The predicted octanol–water partition coefficient (Wildman–Crippen LogP) is 2.23. The van der Waals surface area contributed by atoms with Crippen LogP contribution in [0, 0.1) is 11.3 Å². The van der Waals surface area contributed by atoms with Gasteiger partial charge in [-0.05, 0) is 25.5 Å². The largest absolute Gasteiger partial charge is 0.459 e. The van der Waals surface area contributed by atoms with Gasteiger partial charge in [0.15, 0.2) is 5.76 Å². The lowest BCUT2D eigenvalue weighted by molar-refractivity contribution is -0.123. The van der Waals surface area contributed by atoms with Gasteiger partial charge in [0.25, 0.3) is 5.89 Å². The number of hydrogen-bond donors (Lipinski definition) is 1. The molecule has 0 spiro atoms. The van der Waals surface area contributed by atoms with E-state index in [0.717, 1.165) is 25.9 Å².